The van der Waals surface area contributed by atoms with Crippen LogP contribution in [0.2, 0.25) is 5.15 Å². The van der Waals surface area contributed by atoms with E-state index in [1.807, 2.05) is 25.6 Å². The Labute approximate surface area is 127 Å². The van der Waals surface area contributed by atoms with Crippen molar-refractivity contribution in [2.45, 2.75) is 56.7 Å². The Morgan fingerprint density at radius 2 is 2.05 bits per heavy atom. The van der Waals surface area contributed by atoms with E-state index >= 15 is 0 Å². The molecule has 4 nitrogen and oxygen atoms in total. The molecule has 0 saturated heterocycles. The maximum atomic E-state index is 12.6. The van der Waals surface area contributed by atoms with Gasteiger partial charge in [-0.25, -0.2) is 4.79 Å². The number of aromatic nitrogens is 2. The van der Waals surface area contributed by atoms with Gasteiger partial charge < -0.3 is 0 Å². The Morgan fingerprint density at radius 3 is 2.65 bits per heavy atom. The summed E-state index contributed by atoms with van der Waals surface area (Å²) in [5.41, 5.74) is -0.0887. The van der Waals surface area contributed by atoms with E-state index < -0.39 is 0 Å². The van der Waals surface area contributed by atoms with Crippen LogP contribution in [0, 0.1) is 0 Å². The predicted octanol–water partition coefficient (Wildman–Crippen LogP) is 3.16. The molecule has 0 amide bonds. The summed E-state index contributed by atoms with van der Waals surface area (Å²) in [7, 11) is 0. The molecule has 2 atom stereocenters. The van der Waals surface area contributed by atoms with Crippen molar-refractivity contribution in [3.63, 3.8) is 0 Å². The topological polar surface area (TPSA) is 54.9 Å². The smallest absolute Gasteiger partial charge is 0.297 e. The van der Waals surface area contributed by atoms with Crippen LogP contribution in [0.15, 0.2) is 9.59 Å². The molecule has 1 saturated carbocycles. The summed E-state index contributed by atoms with van der Waals surface area (Å²) in [5, 5.41) is 0.710. The van der Waals surface area contributed by atoms with Crippen LogP contribution >= 0.6 is 23.4 Å². The monoisotopic (exact) mass is 316 g/mol. The molecule has 0 radical (unpaired) electrons. The lowest BCUT2D eigenvalue weighted by molar-refractivity contribution is 0.341. The molecule has 1 aliphatic carbocycles. The van der Waals surface area contributed by atoms with Crippen molar-refractivity contribution < 1.29 is 0 Å². The summed E-state index contributed by atoms with van der Waals surface area (Å²) < 4.78 is 1.39. The van der Waals surface area contributed by atoms with Crippen molar-refractivity contribution >= 4 is 23.4 Å². The highest BCUT2D eigenvalue weighted by Crippen LogP contribution is 2.33. The lowest BCUT2D eigenvalue weighted by Gasteiger charge is -2.29. The standard InChI is InChI=1S/C14H21ClN2O2S/c1-8(2)11-12(15)16-14(19)17(13(11)18)9-5-4-6-10(7-9)20-3/h8-10H,4-7H2,1-3H3,(H,16,19). The third kappa shape index (κ3) is 2.98. The Balaban J connectivity index is 2.49. The van der Waals surface area contributed by atoms with Gasteiger partial charge in [0.25, 0.3) is 5.56 Å². The van der Waals surface area contributed by atoms with Crippen LogP contribution in [-0.4, -0.2) is 21.1 Å². The van der Waals surface area contributed by atoms with E-state index in [2.05, 4.69) is 11.2 Å². The van der Waals surface area contributed by atoms with E-state index in [0.29, 0.717) is 10.8 Å². The second-order valence-electron chi connectivity index (χ2n) is 5.67. The van der Waals surface area contributed by atoms with E-state index in [0.717, 1.165) is 25.7 Å². The molecule has 6 heteroatoms. The van der Waals surface area contributed by atoms with Crippen LogP contribution < -0.4 is 11.2 Å². The molecule has 1 N–H and O–H groups in total. The molecule has 20 heavy (non-hydrogen) atoms. The number of thioether (sulfide) groups is 1. The highest BCUT2D eigenvalue weighted by molar-refractivity contribution is 7.99. The van der Waals surface area contributed by atoms with Gasteiger partial charge in [0.05, 0.1) is 5.56 Å². The number of nitrogens with one attached hydrogen (secondary N) is 1. The largest absolute Gasteiger partial charge is 0.329 e. The first kappa shape index (κ1) is 15.7. The highest BCUT2D eigenvalue weighted by atomic mass is 35.5. The minimum absolute atomic E-state index is 0.00182. The van der Waals surface area contributed by atoms with Gasteiger partial charge in [-0.2, -0.15) is 11.8 Å². The minimum atomic E-state index is -0.379. The Kier molecular flexibility index (Phi) is 5.02. The normalized spacial score (nSPS) is 23.2. The minimum Gasteiger partial charge on any atom is -0.297 e. The van der Waals surface area contributed by atoms with Crippen LogP contribution in [0.25, 0.3) is 0 Å². The summed E-state index contributed by atoms with van der Waals surface area (Å²) in [6.45, 7) is 3.83. The van der Waals surface area contributed by atoms with Gasteiger partial charge in [0, 0.05) is 11.3 Å². The van der Waals surface area contributed by atoms with Crippen molar-refractivity contribution in [3.05, 3.63) is 31.6 Å². The van der Waals surface area contributed by atoms with Gasteiger partial charge in [0.1, 0.15) is 5.15 Å². The fourth-order valence-corrected chi connectivity index (χ4v) is 4.14. The Bertz CT molecular complexity index is 594. The molecule has 1 aromatic rings. The molecular formula is C14H21ClN2O2S. The third-order valence-electron chi connectivity index (χ3n) is 4.00. The van der Waals surface area contributed by atoms with Crippen molar-refractivity contribution in [3.8, 4) is 0 Å². The zero-order valence-corrected chi connectivity index (χ0v) is 13.7. The van der Waals surface area contributed by atoms with Crippen LogP contribution in [0.5, 0.6) is 0 Å². The van der Waals surface area contributed by atoms with E-state index in [-0.39, 0.29) is 28.4 Å². The first-order valence-electron chi connectivity index (χ1n) is 7.02. The van der Waals surface area contributed by atoms with Gasteiger partial charge in [-0.05, 0) is 31.4 Å². The van der Waals surface area contributed by atoms with Crippen molar-refractivity contribution in [1.82, 2.24) is 9.55 Å². The molecule has 0 spiro atoms. The first-order chi connectivity index (χ1) is 9.45. The number of nitrogens with zero attached hydrogens (tertiary/aromatic N) is 1. The van der Waals surface area contributed by atoms with E-state index in [4.69, 9.17) is 11.6 Å². The van der Waals surface area contributed by atoms with Crippen molar-refractivity contribution in [2.24, 2.45) is 0 Å². The molecule has 2 rings (SSSR count). The van der Waals surface area contributed by atoms with Crippen molar-refractivity contribution in [1.29, 1.82) is 0 Å². The Hall–Kier alpha value is -0.680. The molecule has 0 bridgehead atoms. The lowest BCUT2D eigenvalue weighted by atomic mass is 9.94. The average molecular weight is 317 g/mol. The molecular weight excluding hydrogens is 296 g/mol. The second kappa shape index (κ2) is 6.39. The van der Waals surface area contributed by atoms with E-state index in [9.17, 15) is 9.59 Å². The number of halogens is 1. The molecule has 0 aliphatic heterocycles. The number of hydrogen-bond acceptors (Lipinski definition) is 3. The first-order valence-corrected chi connectivity index (χ1v) is 8.69. The van der Waals surface area contributed by atoms with Gasteiger partial charge in [-0.15, -0.1) is 0 Å². The van der Waals surface area contributed by atoms with Gasteiger partial charge in [-0.3, -0.25) is 14.3 Å². The molecule has 1 aromatic heterocycles. The van der Waals surface area contributed by atoms with E-state index in [1.165, 1.54) is 4.57 Å². The maximum absolute atomic E-state index is 12.6. The van der Waals surface area contributed by atoms with Crippen LogP contribution in [0.1, 0.15) is 57.1 Å². The van der Waals surface area contributed by atoms with Gasteiger partial charge in [-0.1, -0.05) is 31.9 Å². The summed E-state index contributed by atoms with van der Waals surface area (Å²) in [4.78, 5) is 27.4. The third-order valence-corrected chi connectivity index (χ3v) is 5.39. The van der Waals surface area contributed by atoms with Crippen LogP contribution in [0.4, 0.5) is 0 Å². The number of H-pyrrole nitrogens is 1. The number of aromatic amines is 1. The second-order valence-corrected chi connectivity index (χ2v) is 7.18. The molecule has 2 unspecified atom stereocenters. The molecule has 1 fully saturated rings. The highest BCUT2D eigenvalue weighted by Gasteiger charge is 2.26. The van der Waals surface area contributed by atoms with Gasteiger partial charge >= 0.3 is 5.69 Å². The summed E-state index contributed by atoms with van der Waals surface area (Å²) in [6, 6.07) is -0.00721. The van der Waals surface area contributed by atoms with Gasteiger partial charge in [0.2, 0.25) is 0 Å². The molecule has 1 heterocycles. The van der Waals surface area contributed by atoms with Crippen molar-refractivity contribution in [2.75, 3.05) is 6.26 Å². The number of hydrogen-bond donors (Lipinski definition) is 1. The predicted molar refractivity (Wildman–Crippen MR) is 85.2 cm³/mol. The zero-order valence-electron chi connectivity index (χ0n) is 12.1. The van der Waals surface area contributed by atoms with Crippen LogP contribution in [-0.2, 0) is 0 Å². The summed E-state index contributed by atoms with van der Waals surface area (Å²) >= 11 is 7.84. The fraction of sp³-hybridized carbons (Fsp3) is 0.714. The number of rotatable bonds is 3. The SMILES string of the molecule is CSC1CCCC(n2c(=O)[nH]c(Cl)c(C(C)C)c2=O)C1. The maximum Gasteiger partial charge on any atom is 0.329 e. The lowest BCUT2D eigenvalue weighted by Crippen LogP contribution is -2.42. The molecule has 0 aromatic carbocycles. The summed E-state index contributed by atoms with van der Waals surface area (Å²) in [6.07, 6.45) is 6.07. The molecule has 112 valence electrons. The Morgan fingerprint density at radius 1 is 1.35 bits per heavy atom. The fourth-order valence-electron chi connectivity index (χ4n) is 2.94. The quantitative estimate of drug-likeness (QED) is 0.871. The average Bonchev–Trinajstić information content (AvgIpc) is 2.37. The molecule has 1 aliphatic rings. The van der Waals surface area contributed by atoms with Crippen LogP contribution in [0.3, 0.4) is 0 Å². The summed E-state index contributed by atoms with van der Waals surface area (Å²) in [5.74, 6) is -0.00182. The van der Waals surface area contributed by atoms with E-state index in [1.54, 1.807) is 0 Å². The van der Waals surface area contributed by atoms with Gasteiger partial charge in [0.15, 0.2) is 0 Å². The zero-order chi connectivity index (χ0) is 14.9.